The Bertz CT molecular complexity index is 460. The van der Waals surface area contributed by atoms with Crippen molar-refractivity contribution < 1.29 is 4.92 Å². The first-order chi connectivity index (χ1) is 8.54. The molecule has 0 spiro atoms. The first-order valence-corrected chi connectivity index (χ1v) is 7.23. The van der Waals surface area contributed by atoms with Gasteiger partial charge in [-0.1, -0.05) is 15.9 Å². The Kier molecular flexibility index (Phi) is 3.90. The van der Waals surface area contributed by atoms with Gasteiger partial charge < -0.3 is 4.90 Å². The van der Waals surface area contributed by atoms with Crippen molar-refractivity contribution >= 4 is 27.3 Å². The van der Waals surface area contributed by atoms with Crippen molar-refractivity contribution in [2.75, 3.05) is 11.9 Å². The minimum Gasteiger partial charge on any atom is -0.372 e. The molecule has 0 amide bonds. The highest BCUT2D eigenvalue weighted by Crippen LogP contribution is 2.37. The van der Waals surface area contributed by atoms with Crippen LogP contribution in [0.5, 0.6) is 0 Å². The number of rotatable bonds is 5. The average molecular weight is 313 g/mol. The molecule has 0 aromatic heterocycles. The fourth-order valence-corrected chi connectivity index (χ4v) is 2.66. The number of hydrogen-bond acceptors (Lipinski definition) is 3. The quantitative estimate of drug-likeness (QED) is 0.473. The first-order valence-electron chi connectivity index (χ1n) is 6.10. The van der Waals surface area contributed by atoms with E-state index in [4.69, 9.17) is 0 Å². The lowest BCUT2D eigenvalue weighted by molar-refractivity contribution is -0.385. The van der Waals surface area contributed by atoms with E-state index in [0.29, 0.717) is 11.4 Å². The summed E-state index contributed by atoms with van der Waals surface area (Å²) in [4.78, 5) is 12.8. The van der Waals surface area contributed by atoms with E-state index in [1.54, 1.807) is 6.07 Å². The molecule has 2 rings (SSSR count). The fourth-order valence-electron chi connectivity index (χ4n) is 2.21. The average Bonchev–Trinajstić information content (AvgIpc) is 3.20. The SMILES string of the molecule is CC(C1CC1)N(C)c1ccc([N+](=O)[O-])c(CBr)c1. The van der Waals surface area contributed by atoms with Gasteiger partial charge in [-0.25, -0.2) is 0 Å². The van der Waals surface area contributed by atoms with Gasteiger partial charge in [0.1, 0.15) is 0 Å². The molecular formula is C13H17BrN2O2. The molecule has 5 heteroatoms. The molecule has 1 atom stereocenters. The summed E-state index contributed by atoms with van der Waals surface area (Å²) < 4.78 is 0. The van der Waals surface area contributed by atoms with Gasteiger partial charge >= 0.3 is 0 Å². The molecule has 1 unspecified atom stereocenters. The smallest absolute Gasteiger partial charge is 0.273 e. The molecule has 1 aromatic rings. The van der Waals surface area contributed by atoms with E-state index in [9.17, 15) is 10.1 Å². The Balaban J connectivity index is 2.25. The van der Waals surface area contributed by atoms with Crippen molar-refractivity contribution in [1.29, 1.82) is 0 Å². The van der Waals surface area contributed by atoms with Crippen LogP contribution in [0.15, 0.2) is 18.2 Å². The van der Waals surface area contributed by atoms with Gasteiger partial charge in [0, 0.05) is 35.7 Å². The second-order valence-electron chi connectivity index (χ2n) is 4.89. The maximum atomic E-state index is 10.9. The molecule has 0 radical (unpaired) electrons. The van der Waals surface area contributed by atoms with Crippen molar-refractivity contribution in [3.05, 3.63) is 33.9 Å². The van der Waals surface area contributed by atoms with E-state index in [-0.39, 0.29) is 10.6 Å². The molecule has 0 saturated heterocycles. The predicted octanol–water partition coefficient (Wildman–Crippen LogP) is 3.72. The molecular weight excluding hydrogens is 296 g/mol. The third-order valence-electron chi connectivity index (χ3n) is 3.73. The number of anilines is 1. The molecule has 1 aliphatic carbocycles. The molecule has 0 bridgehead atoms. The van der Waals surface area contributed by atoms with Gasteiger partial charge in [-0.05, 0) is 37.8 Å². The standard InChI is InChI=1S/C13H17BrN2O2/c1-9(10-3-4-10)15(2)12-5-6-13(16(17)18)11(7-12)8-14/h5-7,9-10H,3-4,8H2,1-2H3. The van der Waals surface area contributed by atoms with E-state index < -0.39 is 0 Å². The minimum atomic E-state index is -0.329. The zero-order chi connectivity index (χ0) is 13.3. The predicted molar refractivity (Wildman–Crippen MR) is 76.3 cm³/mol. The van der Waals surface area contributed by atoms with E-state index in [0.717, 1.165) is 17.2 Å². The van der Waals surface area contributed by atoms with Crippen molar-refractivity contribution in [2.24, 2.45) is 5.92 Å². The van der Waals surface area contributed by atoms with Crippen LogP contribution >= 0.6 is 15.9 Å². The zero-order valence-corrected chi connectivity index (χ0v) is 12.2. The van der Waals surface area contributed by atoms with E-state index in [1.165, 1.54) is 12.8 Å². The van der Waals surface area contributed by atoms with Crippen LogP contribution in [0, 0.1) is 16.0 Å². The second-order valence-corrected chi connectivity index (χ2v) is 5.45. The van der Waals surface area contributed by atoms with Crippen LogP contribution in [0.3, 0.4) is 0 Å². The van der Waals surface area contributed by atoms with Gasteiger partial charge in [-0.15, -0.1) is 0 Å². The summed E-state index contributed by atoms with van der Waals surface area (Å²) in [6.07, 6.45) is 2.59. The zero-order valence-electron chi connectivity index (χ0n) is 10.6. The summed E-state index contributed by atoms with van der Waals surface area (Å²) in [6, 6.07) is 5.84. The van der Waals surface area contributed by atoms with Crippen molar-refractivity contribution in [1.82, 2.24) is 0 Å². The molecule has 4 nitrogen and oxygen atoms in total. The highest BCUT2D eigenvalue weighted by Gasteiger charge is 2.31. The molecule has 1 aromatic carbocycles. The van der Waals surface area contributed by atoms with Crippen molar-refractivity contribution in [3.8, 4) is 0 Å². The number of nitro groups is 1. The van der Waals surface area contributed by atoms with Gasteiger partial charge in [0.05, 0.1) is 4.92 Å². The summed E-state index contributed by atoms with van der Waals surface area (Å²) in [5.74, 6) is 0.776. The van der Waals surface area contributed by atoms with E-state index in [2.05, 4.69) is 34.8 Å². The van der Waals surface area contributed by atoms with Gasteiger partial charge in [-0.3, -0.25) is 10.1 Å². The third-order valence-corrected chi connectivity index (χ3v) is 4.33. The van der Waals surface area contributed by atoms with Gasteiger partial charge in [0.25, 0.3) is 5.69 Å². The van der Waals surface area contributed by atoms with Gasteiger partial charge in [0.2, 0.25) is 0 Å². The molecule has 1 fully saturated rings. The summed E-state index contributed by atoms with van der Waals surface area (Å²) >= 11 is 3.32. The number of alkyl halides is 1. The number of nitrogens with zero attached hydrogens (tertiary/aromatic N) is 2. The maximum absolute atomic E-state index is 10.9. The van der Waals surface area contributed by atoms with E-state index in [1.807, 2.05) is 12.1 Å². The normalized spacial score (nSPS) is 16.4. The first kappa shape index (κ1) is 13.3. The van der Waals surface area contributed by atoms with Crippen LogP contribution in [0.25, 0.3) is 0 Å². The lowest BCUT2D eigenvalue weighted by atomic mass is 10.1. The van der Waals surface area contributed by atoms with Crippen LogP contribution < -0.4 is 4.90 Å². The molecule has 1 aliphatic rings. The Hall–Kier alpha value is -1.10. The third kappa shape index (κ3) is 2.66. The molecule has 18 heavy (non-hydrogen) atoms. The Morgan fingerprint density at radius 3 is 2.72 bits per heavy atom. The second kappa shape index (κ2) is 5.26. The summed E-state index contributed by atoms with van der Waals surface area (Å²) in [7, 11) is 2.06. The Morgan fingerprint density at radius 2 is 2.22 bits per heavy atom. The number of halogens is 1. The number of nitro benzene ring substituents is 1. The van der Waals surface area contributed by atoms with Crippen LogP contribution in [-0.4, -0.2) is 18.0 Å². The van der Waals surface area contributed by atoms with Crippen molar-refractivity contribution in [3.63, 3.8) is 0 Å². The summed E-state index contributed by atoms with van der Waals surface area (Å²) in [5, 5.41) is 11.4. The summed E-state index contributed by atoms with van der Waals surface area (Å²) in [6.45, 7) is 2.22. The molecule has 0 aliphatic heterocycles. The number of benzene rings is 1. The molecule has 0 heterocycles. The molecule has 0 N–H and O–H groups in total. The minimum absolute atomic E-state index is 0.183. The number of hydrogen-bond donors (Lipinski definition) is 0. The van der Waals surface area contributed by atoms with Gasteiger partial charge in [0.15, 0.2) is 0 Å². The van der Waals surface area contributed by atoms with E-state index >= 15 is 0 Å². The summed E-state index contributed by atoms with van der Waals surface area (Å²) in [5.41, 5.74) is 1.96. The lowest BCUT2D eigenvalue weighted by Crippen LogP contribution is -2.30. The van der Waals surface area contributed by atoms with Crippen LogP contribution in [0.1, 0.15) is 25.3 Å². The molecule has 98 valence electrons. The van der Waals surface area contributed by atoms with Crippen molar-refractivity contribution in [2.45, 2.75) is 31.1 Å². The fraction of sp³-hybridized carbons (Fsp3) is 0.538. The molecule has 1 saturated carbocycles. The van der Waals surface area contributed by atoms with Crippen LogP contribution in [0.2, 0.25) is 0 Å². The largest absolute Gasteiger partial charge is 0.372 e. The van der Waals surface area contributed by atoms with Crippen LogP contribution in [0.4, 0.5) is 11.4 Å². The maximum Gasteiger partial charge on any atom is 0.273 e. The lowest BCUT2D eigenvalue weighted by Gasteiger charge is -2.27. The highest BCUT2D eigenvalue weighted by molar-refractivity contribution is 9.08. The Morgan fingerprint density at radius 1 is 1.56 bits per heavy atom. The highest BCUT2D eigenvalue weighted by atomic mass is 79.9. The van der Waals surface area contributed by atoms with Gasteiger partial charge in [-0.2, -0.15) is 0 Å². The topological polar surface area (TPSA) is 46.4 Å². The Labute approximate surface area is 115 Å². The monoisotopic (exact) mass is 312 g/mol. The van der Waals surface area contributed by atoms with Crippen LogP contribution in [-0.2, 0) is 5.33 Å².